The van der Waals surface area contributed by atoms with Gasteiger partial charge in [0.05, 0.1) is 0 Å². The summed E-state index contributed by atoms with van der Waals surface area (Å²) in [6, 6.07) is 0.114. The molecule has 0 spiro atoms. The second-order valence-corrected chi connectivity index (χ2v) is 5.67. The molecular weight excluding hydrogens is 176 g/mol. The van der Waals surface area contributed by atoms with E-state index in [9.17, 15) is 4.79 Å². The molecule has 2 amide bonds. The number of nitrogens with zero attached hydrogens (tertiary/aromatic N) is 1. The Bertz CT molecular complexity index is 256. The molecular formula is C11H20N2O. The highest BCUT2D eigenvalue weighted by atomic mass is 16.2. The second kappa shape index (κ2) is 2.65. The SMILES string of the molecule is CC1(C)C(CN2CCNC2=O)C1(C)C. The first-order valence-corrected chi connectivity index (χ1v) is 5.40. The standard InChI is InChI=1S/C11H20N2O/c1-10(2)8(11(10,3)4)7-13-6-5-12-9(13)14/h8H,5-7H2,1-4H3,(H,12,14). The van der Waals surface area contributed by atoms with Gasteiger partial charge in [0.15, 0.2) is 0 Å². The van der Waals surface area contributed by atoms with Crippen LogP contribution in [-0.4, -0.2) is 30.6 Å². The van der Waals surface area contributed by atoms with E-state index in [-0.39, 0.29) is 6.03 Å². The summed E-state index contributed by atoms with van der Waals surface area (Å²) in [6.45, 7) is 11.8. The number of nitrogens with one attached hydrogen (secondary N) is 1. The van der Waals surface area contributed by atoms with Gasteiger partial charge in [-0.1, -0.05) is 27.7 Å². The quantitative estimate of drug-likeness (QED) is 0.716. The van der Waals surface area contributed by atoms with Crippen molar-refractivity contribution in [3.63, 3.8) is 0 Å². The molecule has 0 atom stereocenters. The third-order valence-corrected chi connectivity index (χ3v) is 4.67. The molecule has 0 aromatic heterocycles. The summed E-state index contributed by atoms with van der Waals surface area (Å²) in [4.78, 5) is 13.3. The number of urea groups is 1. The molecule has 0 aromatic rings. The first kappa shape index (κ1) is 9.81. The number of hydrogen-bond donors (Lipinski definition) is 1. The van der Waals surface area contributed by atoms with E-state index in [1.165, 1.54) is 0 Å². The van der Waals surface area contributed by atoms with Crippen molar-refractivity contribution >= 4 is 6.03 Å². The number of hydrogen-bond acceptors (Lipinski definition) is 1. The lowest BCUT2D eigenvalue weighted by molar-refractivity contribution is 0.212. The van der Waals surface area contributed by atoms with Gasteiger partial charge in [-0.2, -0.15) is 0 Å². The Kier molecular flexibility index (Phi) is 1.85. The van der Waals surface area contributed by atoms with Crippen LogP contribution in [0.15, 0.2) is 0 Å². The summed E-state index contributed by atoms with van der Waals surface area (Å²) >= 11 is 0. The molecule has 1 heterocycles. The lowest BCUT2D eigenvalue weighted by atomic mass is 10.0. The molecule has 1 aliphatic carbocycles. The first-order chi connectivity index (χ1) is 6.37. The predicted octanol–water partition coefficient (Wildman–Crippen LogP) is 1.69. The Hall–Kier alpha value is -0.730. The van der Waals surface area contributed by atoms with E-state index in [1.54, 1.807) is 0 Å². The topological polar surface area (TPSA) is 32.3 Å². The normalized spacial score (nSPS) is 29.1. The molecule has 1 aliphatic heterocycles. The van der Waals surface area contributed by atoms with Gasteiger partial charge in [0, 0.05) is 19.6 Å². The Morgan fingerprint density at radius 1 is 1.36 bits per heavy atom. The summed E-state index contributed by atoms with van der Waals surface area (Å²) in [5.41, 5.74) is 0.770. The molecule has 1 N–H and O–H groups in total. The van der Waals surface area contributed by atoms with Crippen molar-refractivity contribution < 1.29 is 4.79 Å². The highest BCUT2D eigenvalue weighted by Gasteiger charge is 2.64. The molecule has 80 valence electrons. The molecule has 0 bridgehead atoms. The summed E-state index contributed by atoms with van der Waals surface area (Å²) in [5.74, 6) is 0.652. The van der Waals surface area contributed by atoms with Crippen LogP contribution in [0.4, 0.5) is 4.79 Å². The highest BCUT2D eigenvalue weighted by Crippen LogP contribution is 2.68. The minimum atomic E-state index is 0.114. The van der Waals surface area contributed by atoms with Crippen LogP contribution in [-0.2, 0) is 0 Å². The van der Waals surface area contributed by atoms with Gasteiger partial charge < -0.3 is 10.2 Å². The van der Waals surface area contributed by atoms with E-state index in [1.807, 2.05) is 4.90 Å². The zero-order valence-electron chi connectivity index (χ0n) is 9.55. The maximum Gasteiger partial charge on any atom is 0.317 e. The number of carbonyl (C=O) groups is 1. The van der Waals surface area contributed by atoms with Crippen molar-refractivity contribution in [2.45, 2.75) is 27.7 Å². The van der Waals surface area contributed by atoms with Gasteiger partial charge >= 0.3 is 6.03 Å². The molecule has 0 radical (unpaired) electrons. The van der Waals surface area contributed by atoms with Gasteiger partial charge in [0.25, 0.3) is 0 Å². The Balaban J connectivity index is 1.97. The fourth-order valence-electron chi connectivity index (χ4n) is 2.70. The average Bonchev–Trinajstić information content (AvgIpc) is 2.46. The first-order valence-electron chi connectivity index (χ1n) is 5.40. The zero-order valence-corrected chi connectivity index (χ0v) is 9.55. The van der Waals surface area contributed by atoms with Crippen molar-refractivity contribution in [2.24, 2.45) is 16.7 Å². The van der Waals surface area contributed by atoms with Crippen LogP contribution in [0.3, 0.4) is 0 Å². The van der Waals surface area contributed by atoms with Gasteiger partial charge in [-0.05, 0) is 16.7 Å². The maximum absolute atomic E-state index is 11.4. The van der Waals surface area contributed by atoms with Crippen molar-refractivity contribution in [2.75, 3.05) is 19.6 Å². The highest BCUT2D eigenvalue weighted by molar-refractivity contribution is 5.76. The van der Waals surface area contributed by atoms with Crippen LogP contribution in [0.1, 0.15) is 27.7 Å². The molecule has 14 heavy (non-hydrogen) atoms. The van der Waals surface area contributed by atoms with E-state index >= 15 is 0 Å². The Morgan fingerprint density at radius 2 is 1.93 bits per heavy atom. The third-order valence-electron chi connectivity index (χ3n) is 4.67. The minimum absolute atomic E-state index is 0.114. The fraction of sp³-hybridized carbons (Fsp3) is 0.909. The maximum atomic E-state index is 11.4. The molecule has 1 saturated carbocycles. The van der Waals surface area contributed by atoms with Crippen molar-refractivity contribution in [3.05, 3.63) is 0 Å². The summed E-state index contributed by atoms with van der Waals surface area (Å²) in [6.07, 6.45) is 0. The summed E-state index contributed by atoms with van der Waals surface area (Å²) < 4.78 is 0. The van der Waals surface area contributed by atoms with Gasteiger partial charge in [0.2, 0.25) is 0 Å². The molecule has 0 aromatic carbocycles. The summed E-state index contributed by atoms with van der Waals surface area (Å²) in [5, 5.41) is 2.84. The molecule has 0 unspecified atom stereocenters. The van der Waals surface area contributed by atoms with Gasteiger partial charge in [-0.3, -0.25) is 0 Å². The van der Waals surface area contributed by atoms with Crippen LogP contribution in [0.25, 0.3) is 0 Å². The van der Waals surface area contributed by atoms with Crippen LogP contribution in [0, 0.1) is 16.7 Å². The summed E-state index contributed by atoms with van der Waals surface area (Å²) in [7, 11) is 0. The smallest absolute Gasteiger partial charge is 0.317 e. The largest absolute Gasteiger partial charge is 0.336 e. The van der Waals surface area contributed by atoms with Crippen LogP contribution < -0.4 is 5.32 Å². The van der Waals surface area contributed by atoms with Gasteiger partial charge in [0.1, 0.15) is 0 Å². The van der Waals surface area contributed by atoms with E-state index in [2.05, 4.69) is 33.0 Å². The molecule has 3 nitrogen and oxygen atoms in total. The van der Waals surface area contributed by atoms with Gasteiger partial charge in [-0.25, -0.2) is 4.79 Å². The van der Waals surface area contributed by atoms with E-state index < -0.39 is 0 Å². The van der Waals surface area contributed by atoms with Gasteiger partial charge in [-0.15, -0.1) is 0 Å². The molecule has 2 rings (SSSR count). The fourth-order valence-corrected chi connectivity index (χ4v) is 2.70. The van der Waals surface area contributed by atoms with Crippen LogP contribution in [0.2, 0.25) is 0 Å². The Morgan fingerprint density at radius 3 is 2.29 bits per heavy atom. The molecule has 3 heteroatoms. The van der Waals surface area contributed by atoms with E-state index in [0.717, 1.165) is 19.6 Å². The molecule has 1 saturated heterocycles. The third kappa shape index (κ3) is 1.14. The minimum Gasteiger partial charge on any atom is -0.336 e. The lowest BCUT2D eigenvalue weighted by Crippen LogP contribution is -2.31. The average molecular weight is 196 g/mol. The number of amides is 2. The van der Waals surface area contributed by atoms with Crippen LogP contribution >= 0.6 is 0 Å². The predicted molar refractivity (Wildman–Crippen MR) is 56.0 cm³/mol. The van der Waals surface area contributed by atoms with Crippen molar-refractivity contribution in [3.8, 4) is 0 Å². The van der Waals surface area contributed by atoms with E-state index in [4.69, 9.17) is 0 Å². The van der Waals surface area contributed by atoms with E-state index in [0.29, 0.717) is 16.7 Å². The second-order valence-electron chi connectivity index (χ2n) is 5.67. The molecule has 2 aliphatic rings. The lowest BCUT2D eigenvalue weighted by Gasteiger charge is -2.14. The molecule has 2 fully saturated rings. The van der Waals surface area contributed by atoms with Crippen LogP contribution in [0.5, 0.6) is 0 Å². The number of carbonyl (C=O) groups excluding carboxylic acids is 1. The van der Waals surface area contributed by atoms with Crippen molar-refractivity contribution in [1.29, 1.82) is 0 Å². The zero-order chi connectivity index (χ0) is 10.6. The number of rotatable bonds is 2. The van der Waals surface area contributed by atoms with Crippen molar-refractivity contribution in [1.82, 2.24) is 10.2 Å². The Labute approximate surface area is 85.8 Å². The monoisotopic (exact) mass is 196 g/mol.